The molecule has 1 aliphatic rings. The van der Waals surface area contributed by atoms with E-state index in [4.69, 9.17) is 4.74 Å². The first-order valence-electron chi connectivity index (χ1n) is 11.5. The summed E-state index contributed by atoms with van der Waals surface area (Å²) in [6.07, 6.45) is 3.25. The third-order valence-electron chi connectivity index (χ3n) is 6.04. The van der Waals surface area contributed by atoms with Gasteiger partial charge in [0.05, 0.1) is 12.6 Å². The number of ether oxygens (including phenoxy) is 1. The van der Waals surface area contributed by atoms with Crippen LogP contribution in [0.2, 0.25) is 0 Å². The third-order valence-corrected chi connectivity index (χ3v) is 6.04. The molecule has 0 saturated carbocycles. The topological polar surface area (TPSA) is 59.4 Å². The zero-order valence-electron chi connectivity index (χ0n) is 19.4. The first-order chi connectivity index (χ1) is 17.9. The molecule has 1 heterocycles. The molecule has 184 valence electrons. The molecule has 0 aliphatic heterocycles. The zero-order chi connectivity index (χ0) is 25.9. The Hall–Kier alpha value is -4.65. The second kappa shape index (κ2) is 10.1. The lowest BCUT2D eigenvalue weighted by atomic mass is 9.94. The van der Waals surface area contributed by atoms with Crippen LogP contribution in [-0.2, 0) is 11.2 Å². The Bertz CT molecular complexity index is 1520. The predicted octanol–water partition coefficient (Wildman–Crippen LogP) is 7.32. The van der Waals surface area contributed by atoms with Crippen molar-refractivity contribution in [3.8, 4) is 11.5 Å². The van der Waals surface area contributed by atoms with Crippen LogP contribution in [0.25, 0.3) is 17.2 Å². The number of carboxylic acids is 1. The molecule has 5 rings (SSSR count). The van der Waals surface area contributed by atoms with Gasteiger partial charge in [0.2, 0.25) is 5.95 Å². The number of nitrogens with zero attached hydrogens (tertiary/aromatic N) is 1. The van der Waals surface area contributed by atoms with Crippen LogP contribution >= 0.6 is 0 Å². The lowest BCUT2D eigenvalue weighted by Gasteiger charge is -2.11. The van der Waals surface area contributed by atoms with Crippen LogP contribution in [0, 0.1) is 17.6 Å². The molecule has 3 aromatic carbocycles. The summed E-state index contributed by atoms with van der Waals surface area (Å²) >= 11 is 0. The zero-order valence-corrected chi connectivity index (χ0v) is 19.4. The minimum absolute atomic E-state index is 0.273. The third kappa shape index (κ3) is 5.46. The van der Waals surface area contributed by atoms with Crippen LogP contribution in [0.15, 0.2) is 90.6 Å². The monoisotopic (exact) mass is 499 g/mol. The second-order valence-electron chi connectivity index (χ2n) is 8.57. The number of fused-ring (bicyclic) bond motifs is 1. The van der Waals surface area contributed by atoms with Crippen molar-refractivity contribution in [2.75, 3.05) is 0 Å². The number of carboxylic acid groups (broad SMARTS) is 1. The summed E-state index contributed by atoms with van der Waals surface area (Å²) in [7, 11) is 0. The first-order valence-corrected chi connectivity index (χ1v) is 11.5. The number of hydrogen-bond acceptors (Lipinski definition) is 3. The van der Waals surface area contributed by atoms with E-state index in [0.29, 0.717) is 29.1 Å². The van der Waals surface area contributed by atoms with E-state index in [1.165, 1.54) is 42.6 Å². The van der Waals surface area contributed by atoms with Gasteiger partial charge in [-0.2, -0.15) is 4.39 Å². The fraction of sp³-hybridized carbons (Fsp3) is 0.0667. The normalized spacial score (nSPS) is 13.6. The largest absolute Gasteiger partial charge is 0.481 e. The molecule has 1 aliphatic carbocycles. The molecule has 4 nitrogen and oxygen atoms in total. The van der Waals surface area contributed by atoms with Crippen molar-refractivity contribution >= 4 is 23.2 Å². The van der Waals surface area contributed by atoms with Gasteiger partial charge in [-0.25, -0.2) is 13.8 Å². The van der Waals surface area contributed by atoms with Crippen LogP contribution in [0.4, 0.5) is 13.2 Å². The van der Waals surface area contributed by atoms with Gasteiger partial charge in [-0.15, -0.1) is 0 Å². The lowest BCUT2D eigenvalue weighted by Crippen LogP contribution is -1.99. The van der Waals surface area contributed by atoms with Gasteiger partial charge < -0.3 is 9.84 Å². The van der Waals surface area contributed by atoms with Gasteiger partial charge in [-0.1, -0.05) is 30.3 Å². The van der Waals surface area contributed by atoms with Crippen molar-refractivity contribution in [2.45, 2.75) is 12.8 Å². The number of aliphatic carboxylic acids is 1. The van der Waals surface area contributed by atoms with Gasteiger partial charge in [-0.3, -0.25) is 4.79 Å². The second-order valence-corrected chi connectivity index (χ2v) is 8.57. The fourth-order valence-corrected chi connectivity index (χ4v) is 4.37. The van der Waals surface area contributed by atoms with Crippen molar-refractivity contribution in [1.82, 2.24) is 4.98 Å². The van der Waals surface area contributed by atoms with Crippen molar-refractivity contribution < 1.29 is 27.8 Å². The number of benzene rings is 3. The molecule has 1 N–H and O–H groups in total. The number of halogens is 3. The molecule has 4 aromatic rings. The van der Waals surface area contributed by atoms with Gasteiger partial charge >= 0.3 is 5.97 Å². The standard InChI is InChI=1S/C30H20F3NO3/c31-20-5-1-18(2-6-20)13-25-24-11-7-21(32)15-27(24)28(16-30(35)36)26(25)14-19-3-8-22(9-4-19)37-23-10-12-29(33)34-17-23/h1-13,15,17H,14,16H2,(H,35,36)/b25-13+. The Morgan fingerprint density at radius 2 is 1.51 bits per heavy atom. The molecule has 0 spiro atoms. The minimum Gasteiger partial charge on any atom is -0.481 e. The Labute approximate surface area is 211 Å². The molecule has 37 heavy (non-hydrogen) atoms. The predicted molar refractivity (Wildman–Crippen MR) is 134 cm³/mol. The maximum absolute atomic E-state index is 14.2. The van der Waals surface area contributed by atoms with Crippen LogP contribution in [0.1, 0.15) is 28.7 Å². The Kier molecular flexibility index (Phi) is 6.60. The molecular formula is C30H20F3NO3. The van der Waals surface area contributed by atoms with E-state index < -0.39 is 17.7 Å². The SMILES string of the molecule is O=C(O)CC1=C(Cc2ccc(Oc3ccc(F)nc3)cc2)/C(=C/c2ccc(F)cc2)c2ccc(F)cc21. The van der Waals surface area contributed by atoms with Crippen LogP contribution in [-0.4, -0.2) is 16.1 Å². The van der Waals surface area contributed by atoms with Crippen LogP contribution < -0.4 is 4.74 Å². The average Bonchev–Trinajstić information content (AvgIpc) is 3.14. The number of aromatic nitrogens is 1. The van der Waals surface area contributed by atoms with E-state index in [0.717, 1.165) is 27.8 Å². The Morgan fingerprint density at radius 3 is 2.19 bits per heavy atom. The van der Waals surface area contributed by atoms with Crippen molar-refractivity contribution in [2.24, 2.45) is 0 Å². The summed E-state index contributed by atoms with van der Waals surface area (Å²) in [5.74, 6) is -1.54. The number of allylic oxidation sites excluding steroid dienone is 2. The van der Waals surface area contributed by atoms with Gasteiger partial charge in [0.15, 0.2) is 0 Å². The van der Waals surface area contributed by atoms with E-state index >= 15 is 0 Å². The molecule has 0 fully saturated rings. The maximum atomic E-state index is 14.2. The van der Waals surface area contributed by atoms with Gasteiger partial charge in [0.25, 0.3) is 0 Å². The van der Waals surface area contributed by atoms with Crippen LogP contribution in [0.5, 0.6) is 11.5 Å². The highest BCUT2D eigenvalue weighted by molar-refractivity contribution is 6.08. The van der Waals surface area contributed by atoms with Gasteiger partial charge in [0, 0.05) is 0 Å². The molecule has 0 amide bonds. The van der Waals surface area contributed by atoms with E-state index in [1.54, 1.807) is 30.3 Å². The highest BCUT2D eigenvalue weighted by Crippen LogP contribution is 2.45. The van der Waals surface area contributed by atoms with E-state index in [2.05, 4.69) is 4.98 Å². The van der Waals surface area contributed by atoms with E-state index in [9.17, 15) is 23.1 Å². The quantitative estimate of drug-likeness (QED) is 0.271. The van der Waals surface area contributed by atoms with Gasteiger partial charge in [0.1, 0.15) is 23.1 Å². The van der Waals surface area contributed by atoms with Gasteiger partial charge in [-0.05, 0) is 100 Å². The summed E-state index contributed by atoms with van der Waals surface area (Å²) in [6.45, 7) is 0. The minimum atomic E-state index is -1.03. The molecule has 0 saturated heterocycles. The maximum Gasteiger partial charge on any atom is 0.307 e. The highest BCUT2D eigenvalue weighted by Gasteiger charge is 2.28. The van der Waals surface area contributed by atoms with E-state index in [1.807, 2.05) is 18.2 Å². The average molecular weight is 499 g/mol. The molecule has 0 atom stereocenters. The summed E-state index contributed by atoms with van der Waals surface area (Å²) in [5, 5.41) is 9.62. The summed E-state index contributed by atoms with van der Waals surface area (Å²) in [5.41, 5.74) is 4.92. The van der Waals surface area contributed by atoms with Crippen molar-refractivity contribution in [3.63, 3.8) is 0 Å². The number of pyridine rings is 1. The summed E-state index contributed by atoms with van der Waals surface area (Å²) in [4.78, 5) is 15.3. The number of rotatable bonds is 7. The first kappa shape index (κ1) is 24.1. The lowest BCUT2D eigenvalue weighted by molar-refractivity contribution is -0.135. The molecule has 0 bridgehead atoms. The molecule has 1 aromatic heterocycles. The van der Waals surface area contributed by atoms with Crippen molar-refractivity contribution in [1.29, 1.82) is 0 Å². The number of carbonyl (C=O) groups is 1. The van der Waals surface area contributed by atoms with Crippen LogP contribution in [0.3, 0.4) is 0 Å². The molecule has 7 heteroatoms. The summed E-state index contributed by atoms with van der Waals surface area (Å²) in [6, 6.07) is 20.2. The molecule has 0 radical (unpaired) electrons. The highest BCUT2D eigenvalue weighted by atomic mass is 19.1. The smallest absolute Gasteiger partial charge is 0.307 e. The summed E-state index contributed by atoms with van der Waals surface area (Å²) < 4.78 is 46.4. The van der Waals surface area contributed by atoms with E-state index in [-0.39, 0.29) is 12.2 Å². The molecular weight excluding hydrogens is 479 g/mol. The Morgan fingerprint density at radius 1 is 0.811 bits per heavy atom. The Balaban J connectivity index is 1.52. The number of hydrogen-bond donors (Lipinski definition) is 1. The molecule has 0 unspecified atom stereocenters. The fourth-order valence-electron chi connectivity index (χ4n) is 4.37. The van der Waals surface area contributed by atoms with Crippen molar-refractivity contribution in [3.05, 3.63) is 130 Å².